The molecule has 1 unspecified atom stereocenters. The van der Waals surface area contributed by atoms with E-state index < -0.39 is 0 Å². The molecule has 144 valence electrons. The molecule has 0 saturated heterocycles. The molecule has 1 heterocycles. The average molecular weight is 361 g/mol. The molecular formula is C22H33FN2O. The third-order valence-corrected chi connectivity index (χ3v) is 4.75. The molecule has 1 aromatic heterocycles. The number of rotatable bonds is 14. The molecule has 0 aliphatic carbocycles. The van der Waals surface area contributed by atoms with Gasteiger partial charge in [0.2, 0.25) is 0 Å². The van der Waals surface area contributed by atoms with Crippen molar-refractivity contribution in [3.8, 4) is 0 Å². The summed E-state index contributed by atoms with van der Waals surface area (Å²) in [7, 11) is 0. The first-order valence-corrected chi connectivity index (χ1v) is 10.1. The van der Waals surface area contributed by atoms with E-state index in [1.807, 2.05) is 24.7 Å². The maximum Gasteiger partial charge on any atom is 0.123 e. The lowest BCUT2D eigenvalue weighted by Gasteiger charge is -2.19. The van der Waals surface area contributed by atoms with Crippen LogP contribution in [0.25, 0.3) is 0 Å². The summed E-state index contributed by atoms with van der Waals surface area (Å²) in [6, 6.07) is 6.74. The van der Waals surface area contributed by atoms with Crippen molar-refractivity contribution in [3.05, 3.63) is 54.4 Å². The van der Waals surface area contributed by atoms with Gasteiger partial charge in [0.1, 0.15) is 5.82 Å². The SMILES string of the molecule is CCCCCCCCCOC(CCCn1ccnc1)c1ccc(F)cc1. The Hall–Kier alpha value is -1.68. The predicted molar refractivity (Wildman–Crippen MR) is 105 cm³/mol. The van der Waals surface area contributed by atoms with Crippen molar-refractivity contribution in [1.29, 1.82) is 0 Å². The van der Waals surface area contributed by atoms with Gasteiger partial charge in [0.15, 0.2) is 0 Å². The van der Waals surface area contributed by atoms with E-state index in [0.717, 1.165) is 38.0 Å². The van der Waals surface area contributed by atoms with E-state index in [1.54, 1.807) is 6.20 Å². The number of nitrogens with zero attached hydrogens (tertiary/aromatic N) is 2. The van der Waals surface area contributed by atoms with Gasteiger partial charge in [0.25, 0.3) is 0 Å². The lowest BCUT2D eigenvalue weighted by molar-refractivity contribution is 0.0418. The van der Waals surface area contributed by atoms with Gasteiger partial charge in [0.05, 0.1) is 12.4 Å². The highest BCUT2D eigenvalue weighted by Gasteiger charge is 2.12. The molecule has 1 atom stereocenters. The molecule has 0 radical (unpaired) electrons. The zero-order valence-electron chi connectivity index (χ0n) is 16.1. The Balaban J connectivity index is 1.72. The molecule has 3 nitrogen and oxygen atoms in total. The lowest BCUT2D eigenvalue weighted by atomic mass is 10.0. The minimum Gasteiger partial charge on any atom is -0.374 e. The van der Waals surface area contributed by atoms with Crippen LogP contribution in [0.3, 0.4) is 0 Å². The lowest BCUT2D eigenvalue weighted by Crippen LogP contribution is -2.08. The van der Waals surface area contributed by atoms with Crippen LogP contribution in [0.2, 0.25) is 0 Å². The minimum atomic E-state index is -0.196. The third kappa shape index (κ3) is 8.13. The van der Waals surface area contributed by atoms with E-state index in [9.17, 15) is 4.39 Å². The molecule has 26 heavy (non-hydrogen) atoms. The van der Waals surface area contributed by atoms with Gasteiger partial charge >= 0.3 is 0 Å². The normalized spacial score (nSPS) is 12.4. The van der Waals surface area contributed by atoms with E-state index in [-0.39, 0.29) is 11.9 Å². The fourth-order valence-corrected chi connectivity index (χ4v) is 3.19. The second-order valence-corrected chi connectivity index (χ2v) is 6.98. The Labute approximate surface area is 157 Å². The molecule has 0 aliphatic rings. The van der Waals surface area contributed by atoms with Crippen molar-refractivity contribution in [2.24, 2.45) is 0 Å². The molecule has 0 aliphatic heterocycles. The summed E-state index contributed by atoms with van der Waals surface area (Å²) in [5.74, 6) is -0.196. The summed E-state index contributed by atoms with van der Waals surface area (Å²) < 4.78 is 21.5. The van der Waals surface area contributed by atoms with Crippen molar-refractivity contribution in [2.45, 2.75) is 77.4 Å². The zero-order chi connectivity index (χ0) is 18.5. The van der Waals surface area contributed by atoms with Crippen LogP contribution in [0.1, 0.15) is 76.4 Å². The van der Waals surface area contributed by atoms with Crippen LogP contribution in [0.15, 0.2) is 43.0 Å². The van der Waals surface area contributed by atoms with E-state index >= 15 is 0 Å². The largest absolute Gasteiger partial charge is 0.374 e. The molecule has 0 fully saturated rings. The number of hydrogen-bond donors (Lipinski definition) is 0. The standard InChI is InChI=1S/C22H33FN2O/c1-2-3-4-5-6-7-8-18-26-22(20-11-13-21(23)14-12-20)10-9-16-25-17-15-24-19-25/h11-15,17,19,22H,2-10,16,18H2,1H3. The quantitative estimate of drug-likeness (QED) is 0.369. The second-order valence-electron chi connectivity index (χ2n) is 6.98. The van der Waals surface area contributed by atoms with Crippen LogP contribution in [0.4, 0.5) is 4.39 Å². The van der Waals surface area contributed by atoms with Gasteiger partial charge in [0, 0.05) is 25.5 Å². The van der Waals surface area contributed by atoms with Crippen molar-refractivity contribution < 1.29 is 9.13 Å². The molecule has 0 spiro atoms. The molecule has 1 aromatic carbocycles. The Morgan fingerprint density at radius 2 is 1.73 bits per heavy atom. The first-order valence-electron chi connectivity index (χ1n) is 10.1. The van der Waals surface area contributed by atoms with E-state index in [4.69, 9.17) is 4.74 Å². The Morgan fingerprint density at radius 1 is 1.00 bits per heavy atom. The van der Waals surface area contributed by atoms with Crippen LogP contribution in [-0.4, -0.2) is 16.2 Å². The number of aryl methyl sites for hydroxylation is 1. The molecule has 0 N–H and O–H groups in total. The number of imidazole rings is 1. The van der Waals surface area contributed by atoms with Gasteiger partial charge in [-0.25, -0.2) is 9.37 Å². The number of ether oxygens (including phenoxy) is 1. The fourth-order valence-electron chi connectivity index (χ4n) is 3.19. The van der Waals surface area contributed by atoms with E-state index in [2.05, 4.69) is 16.5 Å². The van der Waals surface area contributed by atoms with Crippen LogP contribution < -0.4 is 0 Å². The number of unbranched alkanes of at least 4 members (excludes halogenated alkanes) is 6. The summed E-state index contributed by atoms with van der Waals surface area (Å²) in [5.41, 5.74) is 1.07. The summed E-state index contributed by atoms with van der Waals surface area (Å²) in [6.45, 7) is 3.95. The average Bonchev–Trinajstić information content (AvgIpc) is 3.17. The number of benzene rings is 1. The van der Waals surface area contributed by atoms with Crippen molar-refractivity contribution in [3.63, 3.8) is 0 Å². The Kier molecular flexibility index (Phi) is 10.0. The van der Waals surface area contributed by atoms with Crippen LogP contribution in [-0.2, 0) is 11.3 Å². The maximum absolute atomic E-state index is 13.2. The van der Waals surface area contributed by atoms with E-state index in [0.29, 0.717) is 0 Å². The summed E-state index contributed by atoms with van der Waals surface area (Å²) >= 11 is 0. The molecule has 0 amide bonds. The Bertz CT molecular complexity index is 568. The van der Waals surface area contributed by atoms with Gasteiger partial charge in [-0.3, -0.25) is 0 Å². The van der Waals surface area contributed by atoms with Crippen molar-refractivity contribution >= 4 is 0 Å². The molecule has 0 saturated carbocycles. The highest BCUT2D eigenvalue weighted by Crippen LogP contribution is 2.24. The van der Waals surface area contributed by atoms with Crippen LogP contribution in [0, 0.1) is 5.82 Å². The third-order valence-electron chi connectivity index (χ3n) is 4.75. The van der Waals surface area contributed by atoms with Crippen LogP contribution >= 0.6 is 0 Å². The van der Waals surface area contributed by atoms with Crippen LogP contribution in [0.5, 0.6) is 0 Å². The number of halogens is 1. The first kappa shape index (κ1) is 20.6. The summed E-state index contributed by atoms with van der Waals surface area (Å²) in [6.07, 6.45) is 16.6. The first-order chi connectivity index (χ1) is 12.8. The predicted octanol–water partition coefficient (Wildman–Crippen LogP) is 6.31. The summed E-state index contributed by atoms with van der Waals surface area (Å²) in [5, 5.41) is 0. The Morgan fingerprint density at radius 3 is 2.42 bits per heavy atom. The number of aromatic nitrogens is 2. The topological polar surface area (TPSA) is 27.1 Å². The van der Waals surface area contributed by atoms with Gasteiger partial charge in [-0.2, -0.15) is 0 Å². The van der Waals surface area contributed by atoms with Crippen molar-refractivity contribution in [2.75, 3.05) is 6.61 Å². The van der Waals surface area contributed by atoms with Gasteiger partial charge in [-0.05, 0) is 37.0 Å². The molecule has 4 heteroatoms. The smallest absolute Gasteiger partial charge is 0.123 e. The monoisotopic (exact) mass is 360 g/mol. The minimum absolute atomic E-state index is 0.0409. The molecule has 0 bridgehead atoms. The maximum atomic E-state index is 13.2. The highest BCUT2D eigenvalue weighted by molar-refractivity contribution is 5.18. The highest BCUT2D eigenvalue weighted by atomic mass is 19.1. The van der Waals surface area contributed by atoms with Gasteiger partial charge in [-0.15, -0.1) is 0 Å². The zero-order valence-corrected chi connectivity index (χ0v) is 16.1. The number of hydrogen-bond acceptors (Lipinski definition) is 2. The van der Waals surface area contributed by atoms with E-state index in [1.165, 1.54) is 50.7 Å². The second kappa shape index (κ2) is 12.6. The van der Waals surface area contributed by atoms with Crippen molar-refractivity contribution in [1.82, 2.24) is 9.55 Å². The molecular weight excluding hydrogens is 327 g/mol. The molecule has 2 aromatic rings. The van der Waals surface area contributed by atoms with Gasteiger partial charge in [-0.1, -0.05) is 57.6 Å². The fraction of sp³-hybridized carbons (Fsp3) is 0.591. The summed E-state index contributed by atoms with van der Waals surface area (Å²) in [4.78, 5) is 4.07. The van der Waals surface area contributed by atoms with Gasteiger partial charge < -0.3 is 9.30 Å². The molecule has 2 rings (SSSR count).